The van der Waals surface area contributed by atoms with E-state index in [-0.39, 0.29) is 5.91 Å². The predicted molar refractivity (Wildman–Crippen MR) is 112 cm³/mol. The Morgan fingerprint density at radius 3 is 2.54 bits per heavy atom. The third kappa shape index (κ3) is 3.62. The molecule has 2 aromatic heterocycles. The summed E-state index contributed by atoms with van der Waals surface area (Å²) in [4.78, 5) is 21.8. The van der Waals surface area contributed by atoms with E-state index in [4.69, 9.17) is 4.98 Å². The van der Waals surface area contributed by atoms with Gasteiger partial charge in [-0.3, -0.25) is 9.78 Å². The first-order valence-electron chi connectivity index (χ1n) is 9.26. The fourth-order valence-corrected chi connectivity index (χ4v) is 3.38. The van der Waals surface area contributed by atoms with Gasteiger partial charge in [0, 0.05) is 29.9 Å². The summed E-state index contributed by atoms with van der Waals surface area (Å²) < 4.78 is 0. The lowest BCUT2D eigenvalue weighted by atomic mass is 9.99. The number of nitrogens with zero attached hydrogens (tertiary/aromatic N) is 2. The van der Waals surface area contributed by atoms with Crippen LogP contribution in [0.1, 0.15) is 27.0 Å². The normalized spacial score (nSPS) is 10.8. The number of benzene rings is 2. The quantitative estimate of drug-likeness (QED) is 0.561. The molecule has 28 heavy (non-hydrogen) atoms. The van der Waals surface area contributed by atoms with Crippen LogP contribution in [0.25, 0.3) is 22.2 Å². The molecule has 4 heteroatoms. The van der Waals surface area contributed by atoms with Crippen LogP contribution in [0.3, 0.4) is 0 Å². The average molecular weight is 367 g/mol. The summed E-state index contributed by atoms with van der Waals surface area (Å²) in [5.41, 5.74) is 6.66. The fraction of sp³-hybridized carbons (Fsp3) is 0.125. The number of amides is 1. The highest BCUT2D eigenvalue weighted by molar-refractivity contribution is 6.07. The number of carbonyl (C=O) groups excluding carboxylic acids is 1. The van der Waals surface area contributed by atoms with E-state index in [2.05, 4.69) is 42.3 Å². The largest absolute Gasteiger partial charge is 0.348 e. The van der Waals surface area contributed by atoms with E-state index in [9.17, 15) is 4.79 Å². The zero-order chi connectivity index (χ0) is 19.5. The maximum absolute atomic E-state index is 13.0. The summed E-state index contributed by atoms with van der Waals surface area (Å²) in [6.07, 6.45) is 3.45. The highest BCUT2D eigenvalue weighted by Gasteiger charge is 2.14. The van der Waals surface area contributed by atoms with Gasteiger partial charge in [-0.15, -0.1) is 0 Å². The highest BCUT2D eigenvalue weighted by atomic mass is 16.1. The molecule has 1 amide bonds. The minimum atomic E-state index is -0.110. The Hall–Kier alpha value is -3.53. The van der Waals surface area contributed by atoms with Gasteiger partial charge < -0.3 is 5.32 Å². The van der Waals surface area contributed by atoms with Gasteiger partial charge in [-0.1, -0.05) is 42.0 Å². The first-order valence-corrected chi connectivity index (χ1v) is 9.26. The first-order chi connectivity index (χ1) is 13.6. The van der Waals surface area contributed by atoms with Crippen molar-refractivity contribution in [2.24, 2.45) is 0 Å². The highest BCUT2D eigenvalue weighted by Crippen LogP contribution is 2.27. The van der Waals surface area contributed by atoms with Crippen molar-refractivity contribution in [3.63, 3.8) is 0 Å². The van der Waals surface area contributed by atoms with E-state index in [1.165, 1.54) is 5.56 Å². The number of nitrogens with one attached hydrogen (secondary N) is 1. The molecular weight excluding hydrogens is 346 g/mol. The monoisotopic (exact) mass is 367 g/mol. The van der Waals surface area contributed by atoms with E-state index in [0.29, 0.717) is 12.1 Å². The molecule has 0 bridgehead atoms. The van der Waals surface area contributed by atoms with Crippen molar-refractivity contribution in [1.29, 1.82) is 0 Å². The molecule has 0 aliphatic rings. The number of pyridine rings is 2. The van der Waals surface area contributed by atoms with Gasteiger partial charge in [0.25, 0.3) is 5.91 Å². The van der Waals surface area contributed by atoms with E-state index in [1.54, 1.807) is 12.4 Å². The van der Waals surface area contributed by atoms with Gasteiger partial charge in [0.15, 0.2) is 0 Å². The van der Waals surface area contributed by atoms with Crippen LogP contribution in [0.15, 0.2) is 73.1 Å². The lowest BCUT2D eigenvalue weighted by molar-refractivity contribution is 0.0952. The molecule has 0 unspecified atom stereocenters. The molecule has 4 aromatic rings. The minimum absolute atomic E-state index is 0.110. The Morgan fingerprint density at radius 1 is 0.964 bits per heavy atom. The zero-order valence-electron chi connectivity index (χ0n) is 15.9. The van der Waals surface area contributed by atoms with Gasteiger partial charge in [0.1, 0.15) is 0 Å². The molecule has 0 aliphatic carbocycles. The second-order valence-electron chi connectivity index (χ2n) is 6.93. The van der Waals surface area contributed by atoms with Gasteiger partial charge in [-0.05, 0) is 49.2 Å². The Labute approximate surface area is 164 Å². The third-order valence-electron chi connectivity index (χ3n) is 4.82. The summed E-state index contributed by atoms with van der Waals surface area (Å²) in [6, 6.07) is 19.7. The zero-order valence-corrected chi connectivity index (χ0v) is 15.9. The molecule has 1 N–H and O–H groups in total. The maximum Gasteiger partial charge on any atom is 0.252 e. The topological polar surface area (TPSA) is 54.9 Å². The van der Waals surface area contributed by atoms with Crippen LogP contribution in [-0.4, -0.2) is 15.9 Å². The van der Waals surface area contributed by atoms with Gasteiger partial charge in [0.2, 0.25) is 0 Å². The van der Waals surface area contributed by atoms with Gasteiger partial charge in [0.05, 0.1) is 16.8 Å². The number of hydrogen-bond donors (Lipinski definition) is 1. The summed E-state index contributed by atoms with van der Waals surface area (Å²) in [5.74, 6) is -0.110. The number of aryl methyl sites for hydroxylation is 2. The lowest BCUT2D eigenvalue weighted by Gasteiger charge is -2.12. The van der Waals surface area contributed by atoms with Crippen molar-refractivity contribution in [2.75, 3.05) is 0 Å². The van der Waals surface area contributed by atoms with Crippen LogP contribution in [-0.2, 0) is 6.54 Å². The second-order valence-corrected chi connectivity index (χ2v) is 6.93. The lowest BCUT2D eigenvalue weighted by Crippen LogP contribution is -2.23. The number of hydrogen-bond acceptors (Lipinski definition) is 3. The Balaban J connectivity index is 1.75. The molecule has 0 fully saturated rings. The maximum atomic E-state index is 13.0. The molecule has 0 aliphatic heterocycles. The molecule has 2 aromatic carbocycles. The number of aromatic nitrogens is 2. The van der Waals surface area contributed by atoms with Crippen LogP contribution in [0.5, 0.6) is 0 Å². The van der Waals surface area contributed by atoms with E-state index >= 15 is 0 Å². The van der Waals surface area contributed by atoms with Crippen LogP contribution >= 0.6 is 0 Å². The Morgan fingerprint density at radius 2 is 1.75 bits per heavy atom. The van der Waals surface area contributed by atoms with Gasteiger partial charge in [-0.25, -0.2) is 4.98 Å². The van der Waals surface area contributed by atoms with Crippen molar-refractivity contribution >= 4 is 16.8 Å². The Bertz CT molecular complexity index is 1150. The average Bonchev–Trinajstić information content (AvgIpc) is 2.72. The SMILES string of the molecule is Cc1ccc(-c2cc(C(=O)NCc3ccncc3)c3ccccc3n2)c(C)c1. The smallest absolute Gasteiger partial charge is 0.252 e. The molecule has 0 saturated heterocycles. The minimum Gasteiger partial charge on any atom is -0.348 e. The van der Waals surface area contributed by atoms with Gasteiger partial charge in [-0.2, -0.15) is 0 Å². The molecule has 2 heterocycles. The molecule has 4 nitrogen and oxygen atoms in total. The van der Waals surface area contributed by atoms with Gasteiger partial charge >= 0.3 is 0 Å². The summed E-state index contributed by atoms with van der Waals surface area (Å²) in [6.45, 7) is 4.60. The fourth-order valence-electron chi connectivity index (χ4n) is 3.38. The number of carbonyl (C=O) groups is 1. The van der Waals surface area contributed by atoms with E-state index in [1.807, 2.05) is 42.5 Å². The third-order valence-corrected chi connectivity index (χ3v) is 4.82. The molecule has 0 spiro atoms. The van der Waals surface area contributed by atoms with Crippen LogP contribution in [0, 0.1) is 13.8 Å². The summed E-state index contributed by atoms with van der Waals surface area (Å²) in [7, 11) is 0. The summed E-state index contributed by atoms with van der Waals surface area (Å²) >= 11 is 0. The van der Waals surface area contributed by atoms with Crippen molar-refractivity contribution in [3.05, 3.63) is 95.3 Å². The number of fused-ring (bicyclic) bond motifs is 1. The van der Waals surface area contributed by atoms with Crippen LogP contribution < -0.4 is 5.32 Å². The van der Waals surface area contributed by atoms with E-state index < -0.39 is 0 Å². The van der Waals surface area contributed by atoms with Crippen molar-refractivity contribution < 1.29 is 4.79 Å². The first kappa shape index (κ1) is 17.9. The standard InChI is InChI=1S/C24H21N3O/c1-16-7-8-19(17(2)13-16)23-14-21(20-5-3-4-6-22(20)27-23)24(28)26-15-18-9-11-25-12-10-18/h3-14H,15H2,1-2H3,(H,26,28). The second kappa shape index (κ2) is 7.61. The van der Waals surface area contributed by atoms with Crippen LogP contribution in [0.4, 0.5) is 0 Å². The van der Waals surface area contributed by atoms with Crippen LogP contribution in [0.2, 0.25) is 0 Å². The molecule has 4 rings (SSSR count). The molecular formula is C24H21N3O. The number of para-hydroxylation sites is 1. The van der Waals surface area contributed by atoms with Crippen molar-refractivity contribution in [3.8, 4) is 11.3 Å². The van der Waals surface area contributed by atoms with Crippen molar-refractivity contribution in [2.45, 2.75) is 20.4 Å². The Kier molecular flexibility index (Phi) is 4.85. The predicted octanol–water partition coefficient (Wildman–Crippen LogP) is 4.84. The molecule has 0 radical (unpaired) electrons. The summed E-state index contributed by atoms with van der Waals surface area (Å²) in [5, 5.41) is 3.87. The molecule has 138 valence electrons. The number of rotatable bonds is 4. The molecule has 0 saturated carbocycles. The van der Waals surface area contributed by atoms with Crippen molar-refractivity contribution in [1.82, 2.24) is 15.3 Å². The van der Waals surface area contributed by atoms with E-state index in [0.717, 1.165) is 33.3 Å². The molecule has 0 atom stereocenters.